The SMILES string of the molecule is CN(Cc1csc(NC(=O)NCc2ccc(Cl)s2)n1)C(=O)c1cn(C)nc1C(F)(F)F. The van der Waals surface area contributed by atoms with Gasteiger partial charge in [-0.25, -0.2) is 9.78 Å². The standard InChI is InChI=1S/C17H16ClF3N6O2S2/c1-26(14(28)11-7-27(2)25-13(11)17(19,20)21)6-9-8-30-16(23-9)24-15(29)22-5-10-3-4-12(18)31-10/h3-4,7-8H,5-6H2,1-2H3,(H2,22,23,24,29). The van der Waals surface area contributed by atoms with Crippen LogP contribution < -0.4 is 10.6 Å². The Labute approximate surface area is 187 Å². The zero-order valence-corrected chi connectivity index (χ0v) is 18.5. The van der Waals surface area contributed by atoms with Crippen LogP contribution in [0.5, 0.6) is 0 Å². The molecular weight excluding hydrogens is 477 g/mol. The predicted molar refractivity (Wildman–Crippen MR) is 111 cm³/mol. The van der Waals surface area contributed by atoms with Crippen molar-refractivity contribution in [2.75, 3.05) is 12.4 Å². The number of carbonyl (C=O) groups excluding carboxylic acids is 2. The largest absolute Gasteiger partial charge is 0.435 e. The topological polar surface area (TPSA) is 92.2 Å². The van der Waals surface area contributed by atoms with E-state index in [1.807, 2.05) is 0 Å². The molecule has 166 valence electrons. The van der Waals surface area contributed by atoms with Crippen molar-refractivity contribution in [2.45, 2.75) is 19.3 Å². The summed E-state index contributed by atoms with van der Waals surface area (Å²) in [5, 5.41) is 10.5. The number of thiazole rings is 1. The van der Waals surface area contributed by atoms with Gasteiger partial charge in [0.05, 0.1) is 28.7 Å². The molecule has 0 aliphatic rings. The fraction of sp³-hybridized carbons (Fsp3) is 0.294. The van der Waals surface area contributed by atoms with Crippen LogP contribution in [0.2, 0.25) is 4.34 Å². The first kappa shape index (κ1) is 23.0. The van der Waals surface area contributed by atoms with E-state index in [1.54, 1.807) is 17.5 Å². The van der Waals surface area contributed by atoms with Gasteiger partial charge in [0.1, 0.15) is 0 Å². The van der Waals surface area contributed by atoms with Crippen LogP contribution in [0.25, 0.3) is 0 Å². The van der Waals surface area contributed by atoms with E-state index in [1.165, 1.54) is 25.4 Å². The number of aromatic nitrogens is 3. The average molecular weight is 493 g/mol. The third kappa shape index (κ3) is 5.95. The van der Waals surface area contributed by atoms with Crippen molar-refractivity contribution in [3.05, 3.63) is 49.9 Å². The summed E-state index contributed by atoms with van der Waals surface area (Å²) in [5.41, 5.74) is -1.37. The Morgan fingerprint density at radius 1 is 1.32 bits per heavy atom. The quantitative estimate of drug-likeness (QED) is 0.539. The highest BCUT2D eigenvalue weighted by molar-refractivity contribution is 7.16. The van der Waals surface area contributed by atoms with Crippen LogP contribution in [0.1, 0.15) is 26.6 Å². The molecule has 3 heterocycles. The minimum atomic E-state index is -4.74. The van der Waals surface area contributed by atoms with E-state index in [9.17, 15) is 22.8 Å². The summed E-state index contributed by atoms with van der Waals surface area (Å²) < 4.78 is 40.9. The number of thiophene rings is 1. The molecule has 0 saturated heterocycles. The maximum absolute atomic E-state index is 13.1. The van der Waals surface area contributed by atoms with Crippen molar-refractivity contribution in [1.82, 2.24) is 25.0 Å². The number of nitrogens with one attached hydrogen (secondary N) is 2. The number of rotatable bonds is 6. The Balaban J connectivity index is 1.58. The van der Waals surface area contributed by atoms with Crippen molar-refractivity contribution < 1.29 is 22.8 Å². The summed E-state index contributed by atoms with van der Waals surface area (Å²) in [6.07, 6.45) is -3.71. The van der Waals surface area contributed by atoms with Gasteiger partial charge in [-0.05, 0) is 12.1 Å². The number of nitrogens with zero attached hydrogens (tertiary/aromatic N) is 4. The predicted octanol–water partition coefficient (Wildman–Crippen LogP) is 4.20. The summed E-state index contributed by atoms with van der Waals surface area (Å²) >= 11 is 8.31. The number of anilines is 1. The van der Waals surface area contributed by atoms with E-state index >= 15 is 0 Å². The van der Waals surface area contributed by atoms with E-state index in [-0.39, 0.29) is 11.7 Å². The summed E-state index contributed by atoms with van der Waals surface area (Å²) in [6, 6.07) is 3.06. The average Bonchev–Trinajstić information content (AvgIpc) is 3.39. The van der Waals surface area contributed by atoms with Crippen LogP contribution in [0.4, 0.5) is 23.1 Å². The Morgan fingerprint density at radius 3 is 2.71 bits per heavy atom. The maximum Gasteiger partial charge on any atom is 0.435 e. The van der Waals surface area contributed by atoms with Crippen LogP contribution >= 0.6 is 34.3 Å². The fourth-order valence-corrected chi connectivity index (χ4v) is 4.29. The van der Waals surface area contributed by atoms with Gasteiger partial charge in [0.25, 0.3) is 5.91 Å². The van der Waals surface area contributed by atoms with E-state index in [4.69, 9.17) is 11.6 Å². The van der Waals surface area contributed by atoms with Crippen LogP contribution in [0.3, 0.4) is 0 Å². The third-order valence-electron chi connectivity index (χ3n) is 3.90. The molecule has 0 aliphatic carbocycles. The Morgan fingerprint density at radius 2 is 2.06 bits per heavy atom. The number of amides is 3. The molecule has 3 aromatic heterocycles. The molecule has 0 fully saturated rings. The Kier molecular flexibility index (Phi) is 6.86. The lowest BCUT2D eigenvalue weighted by Gasteiger charge is -2.16. The van der Waals surface area contributed by atoms with Gasteiger partial charge in [0, 0.05) is 30.5 Å². The zero-order chi connectivity index (χ0) is 22.8. The molecule has 0 radical (unpaired) electrons. The summed E-state index contributed by atoms with van der Waals surface area (Å²) in [7, 11) is 2.67. The van der Waals surface area contributed by atoms with E-state index in [0.717, 1.165) is 32.0 Å². The number of hydrogen-bond donors (Lipinski definition) is 2. The van der Waals surface area contributed by atoms with Crippen LogP contribution in [0, 0.1) is 0 Å². The number of alkyl halides is 3. The van der Waals surface area contributed by atoms with Gasteiger partial charge in [-0.2, -0.15) is 18.3 Å². The molecule has 0 atom stereocenters. The summed E-state index contributed by atoms with van der Waals surface area (Å²) in [4.78, 5) is 30.7. The molecule has 3 amide bonds. The molecule has 31 heavy (non-hydrogen) atoms. The van der Waals surface area contributed by atoms with Crippen molar-refractivity contribution in [2.24, 2.45) is 7.05 Å². The molecule has 0 saturated carbocycles. The second-order valence-corrected chi connectivity index (χ2v) is 9.04. The lowest BCUT2D eigenvalue weighted by molar-refractivity contribution is -0.141. The molecule has 0 spiro atoms. The van der Waals surface area contributed by atoms with Crippen molar-refractivity contribution >= 4 is 51.3 Å². The maximum atomic E-state index is 13.1. The van der Waals surface area contributed by atoms with Crippen LogP contribution in [-0.4, -0.2) is 38.7 Å². The molecule has 3 aromatic rings. The molecule has 3 rings (SSSR count). The van der Waals surface area contributed by atoms with Crippen molar-refractivity contribution in [1.29, 1.82) is 0 Å². The van der Waals surface area contributed by atoms with Gasteiger partial charge in [-0.1, -0.05) is 11.6 Å². The van der Waals surface area contributed by atoms with Crippen LogP contribution in [-0.2, 0) is 26.3 Å². The Bertz CT molecular complexity index is 1090. The number of aryl methyl sites for hydroxylation is 1. The number of hydrogen-bond acceptors (Lipinski definition) is 6. The second-order valence-electron chi connectivity index (χ2n) is 6.38. The van der Waals surface area contributed by atoms with Crippen molar-refractivity contribution in [3.8, 4) is 0 Å². The van der Waals surface area contributed by atoms with E-state index in [0.29, 0.717) is 16.6 Å². The highest BCUT2D eigenvalue weighted by Crippen LogP contribution is 2.31. The van der Waals surface area contributed by atoms with Gasteiger partial charge < -0.3 is 10.2 Å². The highest BCUT2D eigenvalue weighted by atomic mass is 35.5. The number of halogens is 4. The van der Waals surface area contributed by atoms with Gasteiger partial charge in [-0.15, -0.1) is 22.7 Å². The molecule has 0 bridgehead atoms. The van der Waals surface area contributed by atoms with E-state index < -0.39 is 29.4 Å². The summed E-state index contributed by atoms with van der Waals surface area (Å²) in [5.74, 6) is -0.838. The zero-order valence-electron chi connectivity index (χ0n) is 16.2. The van der Waals surface area contributed by atoms with Crippen LogP contribution in [0.15, 0.2) is 23.7 Å². The smallest absolute Gasteiger partial charge is 0.336 e. The Hall–Kier alpha value is -2.64. The first-order valence-electron chi connectivity index (χ1n) is 8.62. The molecule has 14 heteroatoms. The third-order valence-corrected chi connectivity index (χ3v) is 5.94. The monoisotopic (exact) mass is 492 g/mol. The molecular formula is C17H16ClF3N6O2S2. The lowest BCUT2D eigenvalue weighted by atomic mass is 10.2. The number of carbonyl (C=O) groups is 2. The first-order chi connectivity index (χ1) is 14.5. The minimum absolute atomic E-state index is 0.0431. The first-order valence-corrected chi connectivity index (χ1v) is 10.7. The van der Waals surface area contributed by atoms with E-state index in [2.05, 4.69) is 20.7 Å². The van der Waals surface area contributed by atoms with Gasteiger partial charge in [0.15, 0.2) is 10.8 Å². The normalized spacial score (nSPS) is 11.4. The number of urea groups is 1. The fourth-order valence-electron chi connectivity index (χ4n) is 2.57. The molecule has 0 aromatic carbocycles. The lowest BCUT2D eigenvalue weighted by Crippen LogP contribution is -2.28. The molecule has 0 aliphatic heterocycles. The minimum Gasteiger partial charge on any atom is -0.336 e. The molecule has 8 nitrogen and oxygen atoms in total. The second kappa shape index (κ2) is 9.24. The molecule has 2 N–H and O–H groups in total. The van der Waals surface area contributed by atoms with Gasteiger partial charge >= 0.3 is 12.2 Å². The van der Waals surface area contributed by atoms with Gasteiger partial charge in [-0.3, -0.25) is 14.8 Å². The van der Waals surface area contributed by atoms with Gasteiger partial charge in [0.2, 0.25) is 0 Å². The highest BCUT2D eigenvalue weighted by Gasteiger charge is 2.39. The summed E-state index contributed by atoms with van der Waals surface area (Å²) in [6.45, 7) is 0.254. The van der Waals surface area contributed by atoms with Crippen molar-refractivity contribution in [3.63, 3.8) is 0 Å². The molecule has 0 unspecified atom stereocenters.